The van der Waals surface area contributed by atoms with Gasteiger partial charge in [0.2, 0.25) is 0 Å². The number of aromatic carboxylic acids is 1. The quantitative estimate of drug-likeness (QED) is 0.822. The summed E-state index contributed by atoms with van der Waals surface area (Å²) >= 11 is 1.93. The number of carboxylic acids is 1. The van der Waals surface area contributed by atoms with Gasteiger partial charge in [-0.3, -0.25) is 0 Å². The van der Waals surface area contributed by atoms with E-state index >= 15 is 0 Å². The van der Waals surface area contributed by atoms with Crippen molar-refractivity contribution < 1.29 is 9.90 Å². The van der Waals surface area contributed by atoms with E-state index in [9.17, 15) is 9.90 Å². The topological polar surface area (TPSA) is 43.4 Å². The zero-order chi connectivity index (χ0) is 12.5. The predicted octanol–water partition coefficient (Wildman–Crippen LogP) is 1.71. The number of carbonyl (C=O) groups is 1. The Hall–Kier alpha value is -1.68. The molecule has 1 aliphatic heterocycles. The molecule has 0 atom stereocenters. The van der Waals surface area contributed by atoms with Crippen molar-refractivity contribution in [2.75, 3.05) is 23.1 Å². The molecule has 1 fully saturated rings. The van der Waals surface area contributed by atoms with Gasteiger partial charge in [0.05, 0.1) is 11.8 Å². The van der Waals surface area contributed by atoms with Crippen molar-refractivity contribution in [1.29, 1.82) is 0 Å². The van der Waals surface area contributed by atoms with Gasteiger partial charge in [0.25, 0.3) is 0 Å². The minimum atomic E-state index is -1.13. The number of rotatable bonds is 2. The number of fused-ring (bicyclic) bond motifs is 1. The maximum absolute atomic E-state index is 10.8. The Bertz CT molecular complexity index is 606. The van der Waals surface area contributed by atoms with Gasteiger partial charge in [0.15, 0.2) is 0 Å². The lowest BCUT2D eigenvalue weighted by Crippen LogP contribution is -2.22. The highest BCUT2D eigenvalue weighted by atomic mass is 32.2. The molecule has 0 aromatic heterocycles. The van der Waals surface area contributed by atoms with Crippen molar-refractivity contribution in [1.82, 2.24) is 0 Å². The van der Waals surface area contributed by atoms with Crippen molar-refractivity contribution in [2.24, 2.45) is 0 Å². The number of thioether (sulfide) groups is 1. The molecule has 1 saturated heterocycles. The van der Waals surface area contributed by atoms with Crippen LogP contribution in [0.2, 0.25) is 0 Å². The van der Waals surface area contributed by atoms with E-state index in [1.807, 2.05) is 30.0 Å². The second kappa shape index (κ2) is 4.53. The van der Waals surface area contributed by atoms with Gasteiger partial charge >= 0.3 is 0 Å². The molecule has 0 spiro atoms. The Kier molecular flexibility index (Phi) is 2.88. The molecule has 18 heavy (non-hydrogen) atoms. The van der Waals surface area contributed by atoms with E-state index in [1.54, 1.807) is 12.1 Å². The number of benzene rings is 2. The number of carbonyl (C=O) groups excluding carboxylic acids is 1. The number of nitrogens with zero attached hydrogens (tertiary/aromatic N) is 1. The molecule has 0 aliphatic carbocycles. The molecular weight excluding hydrogens is 246 g/mol. The molecule has 3 rings (SSSR count). The molecule has 0 unspecified atom stereocenters. The Balaban J connectivity index is 2.02. The Morgan fingerprint density at radius 1 is 1.17 bits per heavy atom. The van der Waals surface area contributed by atoms with E-state index in [1.165, 1.54) is 11.4 Å². The lowest BCUT2D eigenvalue weighted by molar-refractivity contribution is -0.255. The van der Waals surface area contributed by atoms with Crippen LogP contribution in [0, 0.1) is 0 Å². The Morgan fingerprint density at radius 2 is 1.94 bits per heavy atom. The first kappa shape index (κ1) is 11.4. The normalized spacial score (nSPS) is 15.2. The first-order valence-electron chi connectivity index (χ1n) is 5.82. The average Bonchev–Trinajstić information content (AvgIpc) is 2.91. The molecule has 3 nitrogen and oxygen atoms in total. The molecule has 92 valence electrons. The summed E-state index contributed by atoms with van der Waals surface area (Å²) in [6.07, 6.45) is 0. The largest absolute Gasteiger partial charge is 0.545 e. The summed E-state index contributed by atoms with van der Waals surface area (Å²) < 4.78 is 0. The van der Waals surface area contributed by atoms with Crippen LogP contribution in [0.15, 0.2) is 36.4 Å². The summed E-state index contributed by atoms with van der Waals surface area (Å²) in [5.41, 5.74) is 1.43. The van der Waals surface area contributed by atoms with Crippen molar-refractivity contribution in [2.45, 2.75) is 0 Å². The molecule has 0 amide bonds. The lowest BCUT2D eigenvalue weighted by Gasteiger charge is -2.17. The van der Waals surface area contributed by atoms with Crippen LogP contribution in [0.5, 0.6) is 0 Å². The van der Waals surface area contributed by atoms with Crippen molar-refractivity contribution >= 4 is 34.2 Å². The third-order valence-corrected chi connectivity index (χ3v) is 4.14. The lowest BCUT2D eigenvalue weighted by atomic mass is 10.1. The van der Waals surface area contributed by atoms with Crippen LogP contribution < -0.4 is 10.0 Å². The molecule has 1 aliphatic rings. The number of hydrogen-bond acceptors (Lipinski definition) is 4. The number of hydrogen-bond donors (Lipinski definition) is 0. The van der Waals surface area contributed by atoms with E-state index in [0.29, 0.717) is 0 Å². The molecule has 0 bridgehead atoms. The third-order valence-electron chi connectivity index (χ3n) is 3.18. The fourth-order valence-corrected chi connectivity index (χ4v) is 3.15. The van der Waals surface area contributed by atoms with Gasteiger partial charge in [-0.1, -0.05) is 18.2 Å². The van der Waals surface area contributed by atoms with E-state index in [0.717, 1.165) is 23.2 Å². The molecule has 0 saturated carbocycles. The van der Waals surface area contributed by atoms with Crippen LogP contribution in [0.3, 0.4) is 0 Å². The number of anilines is 1. The zero-order valence-electron chi connectivity index (χ0n) is 9.76. The SMILES string of the molecule is O=C([O-])c1ccc2cc(N3CCSC3)ccc2c1. The Morgan fingerprint density at radius 3 is 2.67 bits per heavy atom. The second-order valence-corrected chi connectivity index (χ2v) is 5.41. The Labute approximate surface area is 109 Å². The highest BCUT2D eigenvalue weighted by Gasteiger charge is 2.12. The van der Waals surface area contributed by atoms with Gasteiger partial charge in [-0.05, 0) is 34.5 Å². The predicted molar refractivity (Wildman–Crippen MR) is 72.9 cm³/mol. The molecule has 4 heteroatoms. The van der Waals surface area contributed by atoms with E-state index in [4.69, 9.17) is 0 Å². The second-order valence-electron chi connectivity index (χ2n) is 4.33. The van der Waals surface area contributed by atoms with Crippen LogP contribution in [0.4, 0.5) is 5.69 Å². The maximum atomic E-state index is 10.8. The highest BCUT2D eigenvalue weighted by Crippen LogP contribution is 2.27. The summed E-state index contributed by atoms with van der Waals surface area (Å²) in [4.78, 5) is 13.1. The fourth-order valence-electron chi connectivity index (χ4n) is 2.17. The van der Waals surface area contributed by atoms with E-state index in [2.05, 4.69) is 11.0 Å². The molecule has 0 radical (unpaired) electrons. The van der Waals surface area contributed by atoms with Gasteiger partial charge in [0, 0.05) is 18.0 Å². The zero-order valence-corrected chi connectivity index (χ0v) is 10.6. The smallest absolute Gasteiger partial charge is 0.0715 e. The van der Waals surface area contributed by atoms with Crippen LogP contribution in [0.25, 0.3) is 10.8 Å². The summed E-state index contributed by atoms with van der Waals surface area (Å²) in [7, 11) is 0. The summed E-state index contributed by atoms with van der Waals surface area (Å²) in [6.45, 7) is 1.08. The molecule has 1 heterocycles. The van der Waals surface area contributed by atoms with Crippen LogP contribution >= 0.6 is 11.8 Å². The average molecular weight is 258 g/mol. The van der Waals surface area contributed by atoms with Gasteiger partial charge in [0.1, 0.15) is 0 Å². The minimum Gasteiger partial charge on any atom is -0.545 e. The summed E-state index contributed by atoms with van der Waals surface area (Å²) in [5.74, 6) is 1.07. The van der Waals surface area contributed by atoms with E-state index in [-0.39, 0.29) is 5.56 Å². The van der Waals surface area contributed by atoms with Crippen molar-refractivity contribution in [3.63, 3.8) is 0 Å². The molecule has 2 aromatic carbocycles. The molecular formula is C14H12NO2S-. The van der Waals surface area contributed by atoms with Crippen LogP contribution in [-0.2, 0) is 0 Å². The van der Waals surface area contributed by atoms with Gasteiger partial charge in [-0.25, -0.2) is 0 Å². The minimum absolute atomic E-state index is 0.229. The monoisotopic (exact) mass is 258 g/mol. The van der Waals surface area contributed by atoms with Gasteiger partial charge in [-0.15, -0.1) is 11.8 Å². The van der Waals surface area contributed by atoms with Crippen molar-refractivity contribution in [3.05, 3.63) is 42.0 Å². The summed E-state index contributed by atoms with van der Waals surface area (Å²) in [5, 5.41) is 12.8. The first-order chi connectivity index (χ1) is 8.74. The standard InChI is InChI=1S/C14H13NO2S/c16-14(17)12-2-1-11-8-13(4-3-10(11)7-12)15-5-6-18-9-15/h1-4,7-8H,5-6,9H2,(H,16,17)/p-1. The third kappa shape index (κ3) is 2.04. The van der Waals surface area contributed by atoms with Crippen LogP contribution in [-0.4, -0.2) is 24.1 Å². The summed E-state index contributed by atoms with van der Waals surface area (Å²) in [6, 6.07) is 11.2. The van der Waals surface area contributed by atoms with Crippen molar-refractivity contribution in [3.8, 4) is 0 Å². The highest BCUT2D eigenvalue weighted by molar-refractivity contribution is 7.99. The maximum Gasteiger partial charge on any atom is 0.0715 e. The van der Waals surface area contributed by atoms with Gasteiger partial charge < -0.3 is 14.8 Å². The number of carboxylic acid groups (broad SMARTS) is 1. The van der Waals surface area contributed by atoms with Gasteiger partial charge in [-0.2, -0.15) is 0 Å². The molecule has 0 N–H and O–H groups in total. The molecule has 2 aromatic rings. The van der Waals surface area contributed by atoms with Crippen LogP contribution in [0.1, 0.15) is 10.4 Å². The van der Waals surface area contributed by atoms with E-state index < -0.39 is 5.97 Å². The first-order valence-corrected chi connectivity index (χ1v) is 6.97. The fraction of sp³-hybridized carbons (Fsp3) is 0.214.